The molecule has 1 aromatic heterocycles. The van der Waals surface area contributed by atoms with Crippen molar-refractivity contribution < 1.29 is 19.0 Å². The summed E-state index contributed by atoms with van der Waals surface area (Å²) in [6.45, 7) is 10.0. The van der Waals surface area contributed by atoms with E-state index in [0.717, 1.165) is 24.5 Å². The van der Waals surface area contributed by atoms with Crippen LogP contribution in [0, 0.1) is 12.8 Å². The number of aryl methyl sites for hydroxylation is 1. The predicted molar refractivity (Wildman–Crippen MR) is 86.9 cm³/mol. The third kappa shape index (κ3) is 8.54. The SMILES string of the molecule is COCCCN(Cc1ccc(C)o1)C[C@@H](O)COCC(C)C. The van der Waals surface area contributed by atoms with Gasteiger partial charge in [-0.05, 0) is 31.4 Å². The van der Waals surface area contributed by atoms with E-state index in [0.29, 0.717) is 38.8 Å². The number of methoxy groups -OCH3 is 1. The fraction of sp³-hybridized carbons (Fsp3) is 0.765. The normalized spacial score (nSPS) is 13.2. The Morgan fingerprint density at radius 3 is 2.64 bits per heavy atom. The molecule has 0 saturated carbocycles. The van der Waals surface area contributed by atoms with Gasteiger partial charge in [0, 0.05) is 33.4 Å². The van der Waals surface area contributed by atoms with Gasteiger partial charge in [0.25, 0.3) is 0 Å². The van der Waals surface area contributed by atoms with Gasteiger partial charge in [0.2, 0.25) is 0 Å². The molecule has 0 bridgehead atoms. The summed E-state index contributed by atoms with van der Waals surface area (Å²) in [5.74, 6) is 2.31. The minimum Gasteiger partial charge on any atom is -0.465 e. The van der Waals surface area contributed by atoms with Crippen LogP contribution in [-0.4, -0.2) is 56.1 Å². The summed E-state index contributed by atoms with van der Waals surface area (Å²) in [6, 6.07) is 3.95. The Morgan fingerprint density at radius 2 is 2.05 bits per heavy atom. The number of nitrogens with zero attached hydrogens (tertiary/aromatic N) is 1. The van der Waals surface area contributed by atoms with Gasteiger partial charge in [-0.3, -0.25) is 4.90 Å². The second-order valence-electron chi connectivity index (χ2n) is 6.18. The maximum atomic E-state index is 10.1. The first-order valence-corrected chi connectivity index (χ1v) is 8.03. The molecule has 5 heteroatoms. The highest BCUT2D eigenvalue weighted by Gasteiger charge is 2.14. The van der Waals surface area contributed by atoms with Crippen molar-refractivity contribution in [1.29, 1.82) is 0 Å². The Hall–Kier alpha value is -0.880. The van der Waals surface area contributed by atoms with Crippen LogP contribution in [0.1, 0.15) is 31.8 Å². The van der Waals surface area contributed by atoms with Crippen molar-refractivity contribution in [3.8, 4) is 0 Å². The lowest BCUT2D eigenvalue weighted by Crippen LogP contribution is -2.35. The Bertz CT molecular complexity index is 392. The van der Waals surface area contributed by atoms with E-state index in [9.17, 15) is 5.11 Å². The highest BCUT2D eigenvalue weighted by Crippen LogP contribution is 2.11. The molecule has 128 valence electrons. The first-order valence-electron chi connectivity index (χ1n) is 8.03. The zero-order chi connectivity index (χ0) is 16.4. The summed E-state index contributed by atoms with van der Waals surface area (Å²) in [7, 11) is 1.70. The van der Waals surface area contributed by atoms with E-state index in [1.54, 1.807) is 7.11 Å². The zero-order valence-electron chi connectivity index (χ0n) is 14.4. The Labute approximate surface area is 134 Å². The minimum absolute atomic E-state index is 0.371. The van der Waals surface area contributed by atoms with Gasteiger partial charge in [-0.15, -0.1) is 0 Å². The second kappa shape index (κ2) is 10.8. The van der Waals surface area contributed by atoms with Crippen molar-refractivity contribution in [1.82, 2.24) is 4.90 Å². The van der Waals surface area contributed by atoms with Crippen LogP contribution in [0.5, 0.6) is 0 Å². The molecule has 1 aromatic rings. The molecule has 0 aliphatic carbocycles. The van der Waals surface area contributed by atoms with Gasteiger partial charge in [0.05, 0.1) is 19.3 Å². The molecule has 1 heterocycles. The van der Waals surface area contributed by atoms with Gasteiger partial charge < -0.3 is 19.0 Å². The number of aliphatic hydroxyl groups excluding tert-OH is 1. The first-order chi connectivity index (χ1) is 10.5. The number of ether oxygens (including phenoxy) is 2. The zero-order valence-corrected chi connectivity index (χ0v) is 14.4. The van der Waals surface area contributed by atoms with Crippen molar-refractivity contribution in [2.75, 3.05) is 40.0 Å². The molecular formula is C17H31NO4. The van der Waals surface area contributed by atoms with Gasteiger partial charge in [0.15, 0.2) is 0 Å². The largest absolute Gasteiger partial charge is 0.465 e. The molecule has 22 heavy (non-hydrogen) atoms. The molecule has 0 radical (unpaired) electrons. The lowest BCUT2D eigenvalue weighted by atomic mass is 10.2. The van der Waals surface area contributed by atoms with Crippen molar-refractivity contribution >= 4 is 0 Å². The van der Waals surface area contributed by atoms with Crippen molar-refractivity contribution in [3.05, 3.63) is 23.7 Å². The van der Waals surface area contributed by atoms with E-state index in [4.69, 9.17) is 13.9 Å². The monoisotopic (exact) mass is 313 g/mol. The van der Waals surface area contributed by atoms with Crippen molar-refractivity contribution in [2.24, 2.45) is 5.92 Å². The lowest BCUT2D eigenvalue weighted by molar-refractivity contribution is 0.00486. The molecule has 0 unspecified atom stereocenters. The highest BCUT2D eigenvalue weighted by atomic mass is 16.5. The highest BCUT2D eigenvalue weighted by molar-refractivity contribution is 5.05. The second-order valence-corrected chi connectivity index (χ2v) is 6.18. The van der Waals surface area contributed by atoms with Crippen LogP contribution in [0.25, 0.3) is 0 Å². The van der Waals surface area contributed by atoms with E-state index >= 15 is 0 Å². The van der Waals surface area contributed by atoms with Crippen LogP contribution in [0.2, 0.25) is 0 Å². The topological polar surface area (TPSA) is 55.1 Å². The summed E-state index contributed by atoms with van der Waals surface area (Å²) in [5, 5.41) is 10.1. The van der Waals surface area contributed by atoms with Gasteiger partial charge in [-0.2, -0.15) is 0 Å². The van der Waals surface area contributed by atoms with Crippen molar-refractivity contribution in [3.63, 3.8) is 0 Å². The van der Waals surface area contributed by atoms with E-state index in [2.05, 4.69) is 18.7 Å². The van der Waals surface area contributed by atoms with Crippen molar-refractivity contribution in [2.45, 2.75) is 39.8 Å². The summed E-state index contributed by atoms with van der Waals surface area (Å²) < 4.78 is 16.2. The molecule has 1 atom stereocenters. The Kier molecular flexibility index (Phi) is 9.39. The van der Waals surface area contributed by atoms with Gasteiger partial charge >= 0.3 is 0 Å². The molecule has 1 rings (SSSR count). The predicted octanol–water partition coefficient (Wildman–Crippen LogP) is 2.46. The number of hydrogen-bond donors (Lipinski definition) is 1. The van der Waals surface area contributed by atoms with Crippen LogP contribution in [0.15, 0.2) is 16.5 Å². The molecule has 0 amide bonds. The number of hydrogen-bond acceptors (Lipinski definition) is 5. The summed E-state index contributed by atoms with van der Waals surface area (Å²) >= 11 is 0. The molecule has 0 aliphatic rings. The van der Waals surface area contributed by atoms with Crippen LogP contribution in [0.3, 0.4) is 0 Å². The summed E-state index contributed by atoms with van der Waals surface area (Å²) in [5.41, 5.74) is 0. The van der Waals surface area contributed by atoms with Gasteiger partial charge in [-0.1, -0.05) is 13.8 Å². The molecule has 0 spiro atoms. The van der Waals surface area contributed by atoms with E-state index in [1.807, 2.05) is 19.1 Å². The molecule has 5 nitrogen and oxygen atoms in total. The first kappa shape index (κ1) is 19.2. The number of aliphatic hydroxyl groups is 1. The van der Waals surface area contributed by atoms with Crippen LogP contribution < -0.4 is 0 Å². The van der Waals surface area contributed by atoms with Gasteiger partial charge in [0.1, 0.15) is 11.5 Å². The number of rotatable bonds is 12. The molecular weight excluding hydrogens is 282 g/mol. The smallest absolute Gasteiger partial charge is 0.118 e. The fourth-order valence-corrected chi connectivity index (χ4v) is 2.25. The molecule has 0 saturated heterocycles. The lowest BCUT2D eigenvalue weighted by Gasteiger charge is -2.24. The summed E-state index contributed by atoms with van der Waals surface area (Å²) in [6.07, 6.45) is 0.438. The molecule has 0 fully saturated rings. The van der Waals surface area contributed by atoms with E-state index < -0.39 is 6.10 Å². The fourth-order valence-electron chi connectivity index (χ4n) is 2.25. The Morgan fingerprint density at radius 1 is 1.27 bits per heavy atom. The third-order valence-electron chi connectivity index (χ3n) is 3.23. The molecule has 1 N–H and O–H groups in total. The minimum atomic E-state index is -0.489. The standard InChI is InChI=1S/C17H31NO4/c1-14(2)12-21-13-16(19)10-18(8-5-9-20-4)11-17-7-6-15(3)22-17/h6-7,14,16,19H,5,8-13H2,1-4H3/t16-/m1/s1. The van der Waals surface area contributed by atoms with Crippen LogP contribution in [-0.2, 0) is 16.0 Å². The maximum absolute atomic E-state index is 10.1. The van der Waals surface area contributed by atoms with Crippen LogP contribution >= 0.6 is 0 Å². The third-order valence-corrected chi connectivity index (χ3v) is 3.23. The average Bonchev–Trinajstić information content (AvgIpc) is 2.83. The van der Waals surface area contributed by atoms with Crippen LogP contribution in [0.4, 0.5) is 0 Å². The molecule has 0 aliphatic heterocycles. The van der Waals surface area contributed by atoms with E-state index in [1.165, 1.54) is 0 Å². The Balaban J connectivity index is 2.42. The summed E-state index contributed by atoms with van der Waals surface area (Å²) in [4.78, 5) is 2.18. The van der Waals surface area contributed by atoms with Gasteiger partial charge in [-0.25, -0.2) is 0 Å². The van der Waals surface area contributed by atoms with E-state index in [-0.39, 0.29) is 0 Å². The number of furan rings is 1. The maximum Gasteiger partial charge on any atom is 0.118 e. The quantitative estimate of drug-likeness (QED) is 0.601. The average molecular weight is 313 g/mol. The molecule has 0 aromatic carbocycles.